The molecule has 0 N–H and O–H groups in total. The van der Waals surface area contributed by atoms with E-state index in [1.54, 1.807) is 11.3 Å². The molecule has 2 rings (SSSR count). The molecule has 0 radical (unpaired) electrons. The van der Waals surface area contributed by atoms with E-state index < -0.39 is 0 Å². The number of rotatable bonds is 5. The zero-order valence-electron chi connectivity index (χ0n) is 13.8. The van der Waals surface area contributed by atoms with E-state index in [2.05, 4.69) is 48.2 Å². The monoisotopic (exact) mass is 316 g/mol. The van der Waals surface area contributed by atoms with Crippen LogP contribution in [0.2, 0.25) is 0 Å². The molecule has 0 aliphatic heterocycles. The van der Waals surface area contributed by atoms with Crippen LogP contribution in [0.5, 0.6) is 0 Å². The van der Waals surface area contributed by atoms with Gasteiger partial charge in [-0.05, 0) is 29.5 Å². The van der Waals surface area contributed by atoms with Gasteiger partial charge in [-0.3, -0.25) is 4.79 Å². The predicted octanol–water partition coefficient (Wildman–Crippen LogP) is 4.49. The first-order valence-corrected chi connectivity index (χ1v) is 8.55. The summed E-state index contributed by atoms with van der Waals surface area (Å²) in [5.41, 5.74) is 2.42. The molecule has 0 unspecified atom stereocenters. The molecule has 0 aliphatic carbocycles. The summed E-state index contributed by atoms with van der Waals surface area (Å²) >= 11 is 1.58. The standard InChI is InChI=1S/C18H24N2OS/c1-6-9-20-15-8-7-14(13(4)5)11-16(15)22-18(20)19-17(21)10-12(2)3/h6-8,11-13H,1,9-10H2,2-5H3. The van der Waals surface area contributed by atoms with Crippen molar-refractivity contribution < 1.29 is 4.79 Å². The van der Waals surface area contributed by atoms with Crippen LogP contribution in [0, 0.1) is 5.92 Å². The van der Waals surface area contributed by atoms with Crippen molar-refractivity contribution in [3.63, 3.8) is 0 Å². The average molecular weight is 316 g/mol. The predicted molar refractivity (Wildman–Crippen MR) is 94.1 cm³/mol. The van der Waals surface area contributed by atoms with Gasteiger partial charge in [0.05, 0.1) is 10.2 Å². The Kier molecular flexibility index (Phi) is 5.35. The van der Waals surface area contributed by atoms with E-state index in [-0.39, 0.29) is 5.91 Å². The quantitative estimate of drug-likeness (QED) is 0.749. The van der Waals surface area contributed by atoms with E-state index in [9.17, 15) is 4.79 Å². The maximum Gasteiger partial charge on any atom is 0.248 e. The van der Waals surface area contributed by atoms with Crippen molar-refractivity contribution in [2.45, 2.75) is 46.6 Å². The van der Waals surface area contributed by atoms with Crippen molar-refractivity contribution in [1.82, 2.24) is 4.57 Å². The van der Waals surface area contributed by atoms with Gasteiger partial charge in [-0.15, -0.1) is 6.58 Å². The molecule has 22 heavy (non-hydrogen) atoms. The summed E-state index contributed by atoms with van der Waals surface area (Å²) in [4.78, 5) is 17.1. The number of hydrogen-bond acceptors (Lipinski definition) is 2. The van der Waals surface area contributed by atoms with Crippen molar-refractivity contribution in [2.24, 2.45) is 10.9 Å². The highest BCUT2D eigenvalue weighted by Crippen LogP contribution is 2.23. The summed E-state index contributed by atoms with van der Waals surface area (Å²) in [6.45, 7) is 12.9. The molecule has 4 heteroatoms. The molecule has 0 saturated heterocycles. The Labute approximate surface area is 136 Å². The minimum absolute atomic E-state index is 0.0524. The van der Waals surface area contributed by atoms with Crippen molar-refractivity contribution in [3.8, 4) is 0 Å². The Hall–Kier alpha value is -1.68. The summed E-state index contributed by atoms with van der Waals surface area (Å²) in [7, 11) is 0. The lowest BCUT2D eigenvalue weighted by atomic mass is 10.0. The van der Waals surface area contributed by atoms with Crippen LogP contribution in [0.1, 0.15) is 45.6 Å². The second-order valence-corrected chi connectivity index (χ2v) is 7.28. The van der Waals surface area contributed by atoms with Gasteiger partial charge in [0.1, 0.15) is 0 Å². The molecule has 1 aromatic carbocycles. The van der Waals surface area contributed by atoms with Crippen LogP contribution in [-0.2, 0) is 11.3 Å². The molecule has 1 amide bonds. The lowest BCUT2D eigenvalue weighted by molar-refractivity contribution is -0.118. The molecule has 2 aromatic rings. The van der Waals surface area contributed by atoms with Crippen LogP contribution in [0.3, 0.4) is 0 Å². The topological polar surface area (TPSA) is 34.4 Å². The van der Waals surface area contributed by atoms with Gasteiger partial charge in [0.25, 0.3) is 0 Å². The van der Waals surface area contributed by atoms with Gasteiger partial charge >= 0.3 is 0 Å². The van der Waals surface area contributed by atoms with Crippen molar-refractivity contribution in [1.29, 1.82) is 0 Å². The Morgan fingerprint density at radius 3 is 2.68 bits per heavy atom. The second kappa shape index (κ2) is 7.05. The number of carbonyl (C=O) groups is 1. The highest BCUT2D eigenvalue weighted by atomic mass is 32.1. The number of hydrogen-bond donors (Lipinski definition) is 0. The highest BCUT2D eigenvalue weighted by molar-refractivity contribution is 7.16. The zero-order chi connectivity index (χ0) is 16.3. The Balaban J connectivity index is 2.57. The van der Waals surface area contributed by atoms with Crippen LogP contribution >= 0.6 is 11.3 Å². The van der Waals surface area contributed by atoms with Crippen LogP contribution in [-0.4, -0.2) is 10.5 Å². The summed E-state index contributed by atoms with van der Waals surface area (Å²) in [6, 6.07) is 6.48. The molecular formula is C18H24N2OS. The van der Waals surface area contributed by atoms with Gasteiger partial charge in [0.2, 0.25) is 5.91 Å². The molecule has 3 nitrogen and oxygen atoms in total. The van der Waals surface area contributed by atoms with E-state index in [0.29, 0.717) is 24.8 Å². The number of amides is 1. The van der Waals surface area contributed by atoms with Gasteiger partial charge in [-0.1, -0.05) is 51.2 Å². The molecule has 0 atom stereocenters. The SMILES string of the molecule is C=CCn1c(=NC(=O)CC(C)C)sc2cc(C(C)C)ccc21. The number of aromatic nitrogens is 1. The van der Waals surface area contributed by atoms with Crippen LogP contribution in [0.4, 0.5) is 0 Å². The van der Waals surface area contributed by atoms with Crippen LogP contribution < -0.4 is 4.80 Å². The molecular weight excluding hydrogens is 292 g/mol. The minimum atomic E-state index is -0.0524. The largest absolute Gasteiger partial charge is 0.313 e. The van der Waals surface area contributed by atoms with Crippen molar-refractivity contribution in [2.75, 3.05) is 0 Å². The smallest absolute Gasteiger partial charge is 0.248 e. The fraction of sp³-hybridized carbons (Fsp3) is 0.444. The Bertz CT molecular complexity index is 750. The number of benzene rings is 1. The first-order chi connectivity index (χ1) is 10.4. The van der Waals surface area contributed by atoms with E-state index in [4.69, 9.17) is 0 Å². The molecule has 0 fully saturated rings. The Morgan fingerprint density at radius 1 is 1.36 bits per heavy atom. The summed E-state index contributed by atoms with van der Waals surface area (Å²) in [5, 5.41) is 0. The first-order valence-electron chi connectivity index (χ1n) is 7.74. The van der Waals surface area contributed by atoms with Crippen molar-refractivity contribution in [3.05, 3.63) is 41.2 Å². The van der Waals surface area contributed by atoms with Gasteiger partial charge in [-0.2, -0.15) is 4.99 Å². The van der Waals surface area contributed by atoms with Crippen LogP contribution in [0.25, 0.3) is 10.2 Å². The fourth-order valence-electron chi connectivity index (χ4n) is 2.34. The van der Waals surface area contributed by atoms with Crippen LogP contribution in [0.15, 0.2) is 35.8 Å². The maximum absolute atomic E-state index is 12.0. The van der Waals surface area contributed by atoms with Gasteiger partial charge in [0, 0.05) is 13.0 Å². The fourth-order valence-corrected chi connectivity index (χ4v) is 3.45. The molecule has 0 bridgehead atoms. The minimum Gasteiger partial charge on any atom is -0.313 e. The second-order valence-electron chi connectivity index (χ2n) is 6.27. The third kappa shape index (κ3) is 3.74. The third-order valence-electron chi connectivity index (χ3n) is 3.49. The van der Waals surface area contributed by atoms with Gasteiger partial charge in [-0.25, -0.2) is 0 Å². The van der Waals surface area contributed by atoms with Gasteiger partial charge in [0.15, 0.2) is 4.80 Å². The zero-order valence-corrected chi connectivity index (χ0v) is 14.6. The van der Waals surface area contributed by atoms with E-state index in [1.165, 1.54) is 10.3 Å². The molecule has 0 aliphatic rings. The number of nitrogens with zero attached hydrogens (tertiary/aromatic N) is 2. The molecule has 1 aromatic heterocycles. The van der Waals surface area contributed by atoms with Gasteiger partial charge < -0.3 is 4.57 Å². The molecule has 0 spiro atoms. The summed E-state index contributed by atoms with van der Waals surface area (Å²) in [6.07, 6.45) is 2.33. The third-order valence-corrected chi connectivity index (χ3v) is 4.53. The van der Waals surface area contributed by atoms with E-state index >= 15 is 0 Å². The summed E-state index contributed by atoms with van der Waals surface area (Å²) in [5.74, 6) is 0.761. The van der Waals surface area contributed by atoms with Crippen molar-refractivity contribution >= 4 is 27.5 Å². The molecule has 118 valence electrons. The lowest BCUT2D eigenvalue weighted by Crippen LogP contribution is -2.16. The van der Waals surface area contributed by atoms with E-state index in [0.717, 1.165) is 10.3 Å². The lowest BCUT2D eigenvalue weighted by Gasteiger charge is -2.06. The number of carbonyl (C=O) groups excluding carboxylic acids is 1. The first kappa shape index (κ1) is 16.7. The molecule has 1 heterocycles. The number of allylic oxidation sites excluding steroid dienone is 1. The Morgan fingerprint density at radius 2 is 2.09 bits per heavy atom. The average Bonchev–Trinajstić information content (AvgIpc) is 2.75. The highest BCUT2D eigenvalue weighted by Gasteiger charge is 2.10. The normalized spacial score (nSPS) is 12.5. The summed E-state index contributed by atoms with van der Waals surface area (Å²) < 4.78 is 3.24. The van der Waals surface area contributed by atoms with E-state index in [1.807, 2.05) is 19.9 Å². The maximum atomic E-state index is 12.0. The number of thiazole rings is 1. The molecule has 0 saturated carbocycles. The number of fused-ring (bicyclic) bond motifs is 1.